The van der Waals surface area contributed by atoms with Gasteiger partial charge in [-0.15, -0.1) is 0 Å². The monoisotopic (exact) mass is 147 g/mol. The second-order valence-corrected chi connectivity index (χ2v) is 6.04. The molecule has 3 heteroatoms. The normalized spacial score (nSPS) is 12.0. The van der Waals surface area contributed by atoms with Crippen molar-refractivity contribution in [2.24, 2.45) is 5.40 Å². The minimum Gasteiger partial charge on any atom is -0.403 e. The van der Waals surface area contributed by atoms with E-state index in [1.165, 1.54) is 0 Å². The van der Waals surface area contributed by atoms with Crippen molar-refractivity contribution in [3.63, 3.8) is 0 Å². The van der Waals surface area contributed by atoms with Gasteiger partial charge in [-0.1, -0.05) is 13.8 Å². The molecule has 0 aliphatic heterocycles. The lowest BCUT2D eigenvalue weighted by Crippen LogP contribution is -2.47. The lowest BCUT2D eigenvalue weighted by Gasteiger charge is -2.22. The largest absolute Gasteiger partial charge is 0.403 e. The van der Waals surface area contributed by atoms with Crippen LogP contribution in [0.5, 0.6) is 0 Å². The molecule has 0 saturated heterocycles. The molecule has 0 heterocycles. The van der Waals surface area contributed by atoms with Crippen molar-refractivity contribution in [2.45, 2.75) is 32.9 Å². The van der Waals surface area contributed by atoms with Gasteiger partial charge in [-0.2, -0.15) is 0 Å². The van der Waals surface area contributed by atoms with Crippen LogP contribution in [0, 0.1) is 0 Å². The molecular weight excluding hydrogens is 130 g/mol. The Morgan fingerprint density at radius 3 is 1.78 bits per heavy atom. The zero-order valence-electron chi connectivity index (χ0n) is 6.61. The summed E-state index contributed by atoms with van der Waals surface area (Å²) >= 11 is 0. The average molecular weight is 147 g/mol. The molecule has 0 aromatic carbocycles. The third kappa shape index (κ3) is 2.98. The predicted molar refractivity (Wildman–Crippen MR) is 42.5 cm³/mol. The molecule has 56 valence electrons. The number of nitrogens with two attached hydrogens (primary N) is 1. The van der Waals surface area contributed by atoms with E-state index < -0.39 is 8.48 Å². The summed E-state index contributed by atoms with van der Waals surface area (Å²) in [6, 6.07) is 2.05. The van der Waals surface area contributed by atoms with Gasteiger partial charge in [-0.05, 0) is 19.0 Å². The SMILES string of the molecule is CCO[Si](N)(CC)CC. The lowest BCUT2D eigenvalue weighted by molar-refractivity contribution is 0.321. The number of rotatable bonds is 4. The van der Waals surface area contributed by atoms with E-state index in [4.69, 9.17) is 9.83 Å². The average Bonchev–Trinajstić information content (AvgIpc) is 1.89. The molecule has 2 nitrogen and oxygen atoms in total. The highest BCUT2D eigenvalue weighted by molar-refractivity contribution is 6.70. The van der Waals surface area contributed by atoms with E-state index in [9.17, 15) is 0 Å². The van der Waals surface area contributed by atoms with E-state index in [0.717, 1.165) is 18.7 Å². The molecular formula is C6H17NOSi. The summed E-state index contributed by atoms with van der Waals surface area (Å²) in [7, 11) is -1.70. The van der Waals surface area contributed by atoms with Crippen LogP contribution in [-0.4, -0.2) is 15.1 Å². The zero-order valence-corrected chi connectivity index (χ0v) is 7.61. The van der Waals surface area contributed by atoms with Gasteiger partial charge >= 0.3 is 0 Å². The summed E-state index contributed by atoms with van der Waals surface area (Å²) in [5.74, 6) is 0. The minimum atomic E-state index is -1.70. The Balaban J connectivity index is 3.62. The molecule has 0 aliphatic carbocycles. The molecule has 0 spiro atoms. The van der Waals surface area contributed by atoms with Gasteiger partial charge in [0.15, 0.2) is 0 Å². The first-order valence-corrected chi connectivity index (χ1v) is 6.01. The van der Waals surface area contributed by atoms with Gasteiger partial charge in [0.2, 0.25) is 0 Å². The second-order valence-electron chi connectivity index (χ2n) is 2.20. The fourth-order valence-corrected chi connectivity index (χ4v) is 2.22. The summed E-state index contributed by atoms with van der Waals surface area (Å²) in [4.78, 5) is 0. The molecule has 0 bridgehead atoms. The van der Waals surface area contributed by atoms with Crippen LogP contribution in [0.4, 0.5) is 0 Å². The van der Waals surface area contributed by atoms with E-state index >= 15 is 0 Å². The molecule has 0 saturated carbocycles. The Bertz CT molecular complexity index is 73.5. The highest BCUT2D eigenvalue weighted by Crippen LogP contribution is 2.08. The van der Waals surface area contributed by atoms with Crippen molar-refractivity contribution < 1.29 is 4.43 Å². The van der Waals surface area contributed by atoms with Crippen LogP contribution in [0.2, 0.25) is 12.1 Å². The topological polar surface area (TPSA) is 35.2 Å². The molecule has 0 fully saturated rings. The third-order valence-electron chi connectivity index (χ3n) is 1.63. The summed E-state index contributed by atoms with van der Waals surface area (Å²) in [5, 5.41) is 5.92. The first-order chi connectivity index (χ1) is 4.18. The lowest BCUT2D eigenvalue weighted by atomic mass is 10.9. The van der Waals surface area contributed by atoms with Crippen LogP contribution >= 0.6 is 0 Å². The third-order valence-corrected chi connectivity index (χ3v) is 4.89. The van der Waals surface area contributed by atoms with Gasteiger partial charge in [0.25, 0.3) is 8.48 Å². The molecule has 0 aromatic rings. The van der Waals surface area contributed by atoms with Crippen molar-refractivity contribution in [3.05, 3.63) is 0 Å². The Morgan fingerprint density at radius 1 is 1.22 bits per heavy atom. The summed E-state index contributed by atoms with van der Waals surface area (Å²) in [5.41, 5.74) is 0. The molecule has 2 N–H and O–H groups in total. The fraction of sp³-hybridized carbons (Fsp3) is 1.00. The van der Waals surface area contributed by atoms with Gasteiger partial charge in [-0.3, -0.25) is 0 Å². The van der Waals surface area contributed by atoms with Gasteiger partial charge in [0.05, 0.1) is 0 Å². The molecule has 0 aromatic heterocycles. The van der Waals surface area contributed by atoms with Gasteiger partial charge in [0, 0.05) is 6.61 Å². The van der Waals surface area contributed by atoms with Crippen molar-refractivity contribution in [3.8, 4) is 0 Å². The maximum atomic E-state index is 5.92. The molecule has 0 radical (unpaired) electrons. The van der Waals surface area contributed by atoms with Crippen molar-refractivity contribution >= 4 is 8.48 Å². The van der Waals surface area contributed by atoms with Gasteiger partial charge in [0.1, 0.15) is 0 Å². The Morgan fingerprint density at radius 2 is 1.67 bits per heavy atom. The van der Waals surface area contributed by atoms with Gasteiger partial charge in [-0.25, -0.2) is 0 Å². The second kappa shape index (κ2) is 4.03. The first kappa shape index (κ1) is 9.14. The van der Waals surface area contributed by atoms with Gasteiger partial charge < -0.3 is 9.83 Å². The summed E-state index contributed by atoms with van der Waals surface area (Å²) < 4.78 is 5.44. The number of hydrogen-bond acceptors (Lipinski definition) is 2. The summed E-state index contributed by atoms with van der Waals surface area (Å²) in [6.45, 7) is 6.97. The van der Waals surface area contributed by atoms with E-state index in [0.29, 0.717) is 0 Å². The standard InChI is InChI=1S/C6H17NOSi/c1-4-8-9(7,5-2)6-3/h4-7H2,1-3H3. The zero-order chi connectivity index (χ0) is 7.33. The molecule has 0 atom stereocenters. The van der Waals surface area contributed by atoms with Crippen molar-refractivity contribution in [1.82, 2.24) is 0 Å². The molecule has 0 unspecified atom stereocenters. The van der Waals surface area contributed by atoms with Crippen LogP contribution in [0.1, 0.15) is 20.8 Å². The minimum absolute atomic E-state index is 0.768. The van der Waals surface area contributed by atoms with E-state index in [1.54, 1.807) is 0 Å². The molecule has 9 heavy (non-hydrogen) atoms. The molecule has 0 amide bonds. The summed E-state index contributed by atoms with van der Waals surface area (Å²) in [6.07, 6.45) is 0. The van der Waals surface area contributed by atoms with Crippen LogP contribution in [0.15, 0.2) is 0 Å². The Kier molecular flexibility index (Phi) is 4.09. The number of hydrogen-bond donors (Lipinski definition) is 1. The highest BCUT2D eigenvalue weighted by Gasteiger charge is 2.24. The van der Waals surface area contributed by atoms with Crippen LogP contribution in [-0.2, 0) is 4.43 Å². The maximum Gasteiger partial charge on any atom is 0.265 e. The maximum absolute atomic E-state index is 5.92. The predicted octanol–water partition coefficient (Wildman–Crippen LogP) is 1.46. The Labute approximate surface area is 58.6 Å². The van der Waals surface area contributed by atoms with Crippen LogP contribution in [0.25, 0.3) is 0 Å². The van der Waals surface area contributed by atoms with E-state index in [-0.39, 0.29) is 0 Å². The molecule has 0 rings (SSSR count). The fourth-order valence-electron chi connectivity index (χ4n) is 0.742. The van der Waals surface area contributed by atoms with Crippen molar-refractivity contribution in [1.29, 1.82) is 0 Å². The first-order valence-electron chi connectivity index (χ1n) is 3.61. The van der Waals surface area contributed by atoms with E-state index in [2.05, 4.69) is 13.8 Å². The quantitative estimate of drug-likeness (QED) is 0.611. The van der Waals surface area contributed by atoms with Crippen molar-refractivity contribution in [2.75, 3.05) is 6.61 Å². The smallest absolute Gasteiger partial charge is 0.265 e. The van der Waals surface area contributed by atoms with Crippen LogP contribution < -0.4 is 5.40 Å². The molecule has 0 aliphatic rings. The Hall–Kier alpha value is 0.137. The highest BCUT2D eigenvalue weighted by atomic mass is 28.4. The van der Waals surface area contributed by atoms with E-state index in [1.807, 2.05) is 6.92 Å². The van der Waals surface area contributed by atoms with Crippen LogP contribution in [0.3, 0.4) is 0 Å².